The summed E-state index contributed by atoms with van der Waals surface area (Å²) in [6.07, 6.45) is 0.252. The molecule has 1 aromatic carbocycles. The molecule has 1 amide bonds. The Bertz CT molecular complexity index is 615. The molecule has 6 heteroatoms. The molecule has 23 heavy (non-hydrogen) atoms. The smallest absolute Gasteiger partial charge is 0.331 e. The number of methoxy groups -OCH3 is 1. The summed E-state index contributed by atoms with van der Waals surface area (Å²) >= 11 is 0. The summed E-state index contributed by atoms with van der Waals surface area (Å²) in [4.78, 5) is 24.7. The molecule has 1 heterocycles. The van der Waals surface area contributed by atoms with Crippen molar-refractivity contribution in [2.24, 2.45) is 5.92 Å². The van der Waals surface area contributed by atoms with Gasteiger partial charge in [0, 0.05) is 11.5 Å². The summed E-state index contributed by atoms with van der Waals surface area (Å²) in [7, 11) is 1.32. The Labute approximate surface area is 135 Å². The van der Waals surface area contributed by atoms with E-state index in [2.05, 4.69) is 5.32 Å². The van der Waals surface area contributed by atoms with Crippen molar-refractivity contribution in [3.8, 4) is 0 Å². The minimum atomic E-state index is -1.03. The highest BCUT2D eigenvalue weighted by molar-refractivity contribution is 5.99. The van der Waals surface area contributed by atoms with Crippen molar-refractivity contribution in [2.45, 2.75) is 37.7 Å². The van der Waals surface area contributed by atoms with E-state index < -0.39 is 17.3 Å². The monoisotopic (exact) mass is 319 g/mol. The van der Waals surface area contributed by atoms with Crippen molar-refractivity contribution in [1.29, 1.82) is 0 Å². The van der Waals surface area contributed by atoms with Crippen LogP contribution in [0.5, 0.6) is 0 Å². The SMILES string of the molecule is COC(=O)[C@@]1(NC(=O)c2ccccc2)C[C@H]1[C@H]1COC(C)(C)O1. The van der Waals surface area contributed by atoms with Crippen molar-refractivity contribution in [3.63, 3.8) is 0 Å². The highest BCUT2D eigenvalue weighted by Gasteiger charge is 2.67. The van der Waals surface area contributed by atoms with Gasteiger partial charge in [-0.1, -0.05) is 18.2 Å². The zero-order valence-electron chi connectivity index (χ0n) is 13.5. The highest BCUT2D eigenvalue weighted by atomic mass is 16.7. The summed E-state index contributed by atoms with van der Waals surface area (Å²) in [5.41, 5.74) is -0.527. The molecule has 0 radical (unpaired) electrons. The molecule has 0 spiro atoms. The van der Waals surface area contributed by atoms with Crippen LogP contribution in [0.4, 0.5) is 0 Å². The molecule has 1 N–H and O–H groups in total. The van der Waals surface area contributed by atoms with Crippen LogP contribution >= 0.6 is 0 Å². The fraction of sp³-hybridized carbons (Fsp3) is 0.529. The number of esters is 1. The molecule has 1 aliphatic carbocycles. The van der Waals surface area contributed by atoms with Crippen LogP contribution in [-0.2, 0) is 19.0 Å². The van der Waals surface area contributed by atoms with Crippen LogP contribution in [0.15, 0.2) is 30.3 Å². The average Bonchev–Trinajstić information content (AvgIpc) is 3.15. The van der Waals surface area contributed by atoms with Gasteiger partial charge in [0.15, 0.2) is 5.79 Å². The quantitative estimate of drug-likeness (QED) is 0.851. The number of amides is 1. The van der Waals surface area contributed by atoms with E-state index in [0.29, 0.717) is 18.6 Å². The molecule has 6 nitrogen and oxygen atoms in total. The molecular weight excluding hydrogens is 298 g/mol. The number of carbonyl (C=O) groups is 2. The number of ether oxygens (including phenoxy) is 3. The third-order valence-electron chi connectivity index (χ3n) is 4.42. The van der Waals surface area contributed by atoms with Crippen LogP contribution in [0, 0.1) is 5.92 Å². The lowest BCUT2D eigenvalue weighted by Crippen LogP contribution is -2.47. The summed E-state index contributed by atoms with van der Waals surface area (Å²) < 4.78 is 16.3. The molecule has 1 aromatic rings. The number of hydrogen-bond acceptors (Lipinski definition) is 5. The van der Waals surface area contributed by atoms with E-state index in [0.717, 1.165) is 0 Å². The minimum absolute atomic E-state index is 0.149. The third kappa shape index (κ3) is 2.96. The lowest BCUT2D eigenvalue weighted by Gasteiger charge is -2.21. The van der Waals surface area contributed by atoms with Crippen molar-refractivity contribution in [3.05, 3.63) is 35.9 Å². The van der Waals surface area contributed by atoms with E-state index >= 15 is 0 Å². The number of carbonyl (C=O) groups excluding carboxylic acids is 2. The van der Waals surface area contributed by atoms with Gasteiger partial charge in [0.05, 0.1) is 19.8 Å². The van der Waals surface area contributed by atoms with Gasteiger partial charge in [0.25, 0.3) is 5.91 Å². The fourth-order valence-electron chi connectivity index (χ4n) is 3.13. The highest BCUT2D eigenvalue weighted by Crippen LogP contribution is 2.50. The molecule has 1 aliphatic heterocycles. The first-order valence-corrected chi connectivity index (χ1v) is 7.66. The predicted octanol–water partition coefficient (Wildman–Crippen LogP) is 1.50. The van der Waals surface area contributed by atoms with E-state index in [1.165, 1.54) is 7.11 Å². The number of benzene rings is 1. The van der Waals surface area contributed by atoms with E-state index in [1.54, 1.807) is 24.3 Å². The third-order valence-corrected chi connectivity index (χ3v) is 4.42. The molecule has 2 aliphatic rings. The first kappa shape index (κ1) is 16.0. The summed E-state index contributed by atoms with van der Waals surface area (Å²) in [6.45, 7) is 4.06. The zero-order chi connectivity index (χ0) is 16.7. The topological polar surface area (TPSA) is 73.9 Å². The van der Waals surface area contributed by atoms with Gasteiger partial charge >= 0.3 is 5.97 Å². The van der Waals surface area contributed by atoms with E-state index in [4.69, 9.17) is 14.2 Å². The molecule has 0 bridgehead atoms. The van der Waals surface area contributed by atoms with Gasteiger partial charge in [-0.3, -0.25) is 4.79 Å². The number of hydrogen-bond donors (Lipinski definition) is 1. The van der Waals surface area contributed by atoms with E-state index in [9.17, 15) is 9.59 Å². The van der Waals surface area contributed by atoms with Crippen molar-refractivity contribution < 1.29 is 23.8 Å². The molecule has 2 fully saturated rings. The van der Waals surface area contributed by atoms with Gasteiger partial charge in [-0.05, 0) is 32.4 Å². The first-order chi connectivity index (χ1) is 10.9. The summed E-state index contributed by atoms with van der Waals surface area (Å²) in [5.74, 6) is -1.56. The molecule has 1 saturated heterocycles. The Hall–Kier alpha value is -1.92. The number of rotatable bonds is 4. The van der Waals surface area contributed by atoms with Gasteiger partial charge in [-0.15, -0.1) is 0 Å². The standard InChI is InChI=1S/C17H21NO5/c1-16(2)22-10-13(23-16)12-9-17(12,15(20)21-3)18-14(19)11-7-5-4-6-8-11/h4-8,12-13H,9-10H2,1-3H3,(H,18,19)/t12-,13+,17+/m0/s1. The first-order valence-electron chi connectivity index (χ1n) is 7.66. The molecule has 0 unspecified atom stereocenters. The van der Waals surface area contributed by atoms with Crippen LogP contribution in [-0.4, -0.2) is 43.0 Å². The normalized spacial score (nSPS) is 31.4. The summed E-state index contributed by atoms with van der Waals surface area (Å²) in [6, 6.07) is 8.80. The maximum absolute atomic E-state index is 12.4. The lowest BCUT2D eigenvalue weighted by molar-refractivity contribution is -0.149. The lowest BCUT2D eigenvalue weighted by atomic mass is 10.1. The maximum atomic E-state index is 12.4. The van der Waals surface area contributed by atoms with E-state index in [-0.39, 0.29) is 17.9 Å². The molecule has 1 saturated carbocycles. The largest absolute Gasteiger partial charge is 0.467 e. The minimum Gasteiger partial charge on any atom is -0.467 e. The summed E-state index contributed by atoms with van der Waals surface area (Å²) in [5, 5.41) is 2.84. The van der Waals surface area contributed by atoms with Crippen LogP contribution < -0.4 is 5.32 Å². The van der Waals surface area contributed by atoms with Gasteiger partial charge in [0.1, 0.15) is 5.54 Å². The molecule has 0 aromatic heterocycles. The van der Waals surface area contributed by atoms with Crippen LogP contribution in [0.2, 0.25) is 0 Å². The van der Waals surface area contributed by atoms with Crippen LogP contribution in [0.3, 0.4) is 0 Å². The van der Waals surface area contributed by atoms with Gasteiger partial charge < -0.3 is 19.5 Å². The Balaban J connectivity index is 1.75. The predicted molar refractivity (Wildman–Crippen MR) is 81.7 cm³/mol. The second kappa shape index (κ2) is 5.62. The molecule has 3 rings (SSSR count). The van der Waals surface area contributed by atoms with Crippen molar-refractivity contribution in [2.75, 3.05) is 13.7 Å². The maximum Gasteiger partial charge on any atom is 0.331 e. The molecular formula is C17H21NO5. The van der Waals surface area contributed by atoms with Crippen molar-refractivity contribution in [1.82, 2.24) is 5.32 Å². The van der Waals surface area contributed by atoms with Gasteiger partial charge in [-0.2, -0.15) is 0 Å². The van der Waals surface area contributed by atoms with Crippen LogP contribution in [0.1, 0.15) is 30.6 Å². The van der Waals surface area contributed by atoms with Crippen molar-refractivity contribution >= 4 is 11.9 Å². The van der Waals surface area contributed by atoms with E-state index in [1.807, 2.05) is 19.9 Å². The zero-order valence-corrected chi connectivity index (χ0v) is 13.5. The Kier molecular flexibility index (Phi) is 3.90. The number of nitrogens with one attached hydrogen (secondary N) is 1. The molecule has 3 atom stereocenters. The second-order valence-electron chi connectivity index (χ2n) is 6.46. The molecule has 124 valence electrons. The van der Waals surface area contributed by atoms with Crippen LogP contribution in [0.25, 0.3) is 0 Å². The van der Waals surface area contributed by atoms with Gasteiger partial charge in [0.2, 0.25) is 0 Å². The second-order valence-corrected chi connectivity index (χ2v) is 6.46. The van der Waals surface area contributed by atoms with Gasteiger partial charge in [-0.25, -0.2) is 4.79 Å². The Morgan fingerprint density at radius 1 is 1.26 bits per heavy atom. The fourth-order valence-corrected chi connectivity index (χ4v) is 3.13. The Morgan fingerprint density at radius 2 is 1.96 bits per heavy atom. The Morgan fingerprint density at radius 3 is 2.52 bits per heavy atom. The average molecular weight is 319 g/mol.